The van der Waals surface area contributed by atoms with E-state index in [4.69, 9.17) is 5.11 Å². The standard InChI is InChI=1S/C11H13F3N2O3/c12-11(13,14)8-1-3-15(4-2-8)10(19)16-5-7(6-16)9(17)18/h1,7H,2-6H2,(H,17,18). The minimum Gasteiger partial charge on any atom is -0.481 e. The maximum Gasteiger partial charge on any atom is 0.412 e. The van der Waals surface area contributed by atoms with E-state index in [0.717, 1.165) is 6.08 Å². The summed E-state index contributed by atoms with van der Waals surface area (Å²) in [6.07, 6.45) is -3.54. The molecule has 0 saturated carbocycles. The highest BCUT2D eigenvalue weighted by Gasteiger charge is 2.39. The SMILES string of the molecule is O=C(O)C1CN(C(=O)N2CC=C(C(F)(F)F)CC2)C1. The Morgan fingerprint density at radius 2 is 1.89 bits per heavy atom. The second-order valence-electron chi connectivity index (χ2n) is 4.65. The highest BCUT2D eigenvalue weighted by Crippen LogP contribution is 2.30. The lowest BCUT2D eigenvalue weighted by Gasteiger charge is -2.40. The molecular weight excluding hydrogens is 265 g/mol. The quantitative estimate of drug-likeness (QED) is 0.736. The molecule has 5 nitrogen and oxygen atoms in total. The van der Waals surface area contributed by atoms with Crippen LogP contribution in [-0.2, 0) is 4.79 Å². The summed E-state index contributed by atoms with van der Waals surface area (Å²) in [7, 11) is 0. The summed E-state index contributed by atoms with van der Waals surface area (Å²) in [5.74, 6) is -1.52. The lowest BCUT2D eigenvalue weighted by Crippen LogP contribution is -2.57. The molecule has 19 heavy (non-hydrogen) atoms. The van der Waals surface area contributed by atoms with E-state index in [-0.39, 0.29) is 32.6 Å². The molecule has 1 saturated heterocycles. The number of carboxylic acids is 1. The van der Waals surface area contributed by atoms with Crippen LogP contribution in [0.3, 0.4) is 0 Å². The van der Waals surface area contributed by atoms with Crippen molar-refractivity contribution in [3.63, 3.8) is 0 Å². The van der Waals surface area contributed by atoms with E-state index in [0.29, 0.717) is 0 Å². The van der Waals surface area contributed by atoms with Crippen molar-refractivity contribution < 1.29 is 27.9 Å². The second-order valence-corrected chi connectivity index (χ2v) is 4.65. The van der Waals surface area contributed by atoms with Crippen molar-refractivity contribution in [2.24, 2.45) is 5.92 Å². The second kappa shape index (κ2) is 4.75. The summed E-state index contributed by atoms with van der Waals surface area (Å²) in [5, 5.41) is 8.68. The Balaban J connectivity index is 1.87. The van der Waals surface area contributed by atoms with Crippen molar-refractivity contribution >= 4 is 12.0 Å². The predicted octanol–water partition coefficient (Wildman–Crippen LogP) is 1.32. The lowest BCUT2D eigenvalue weighted by atomic mass is 10.0. The molecule has 2 aliphatic heterocycles. The molecule has 1 fully saturated rings. The molecule has 2 rings (SSSR count). The zero-order valence-corrected chi connectivity index (χ0v) is 9.98. The van der Waals surface area contributed by atoms with Crippen LogP contribution in [0.15, 0.2) is 11.6 Å². The first kappa shape index (κ1) is 13.7. The van der Waals surface area contributed by atoms with Crippen molar-refractivity contribution in [3.05, 3.63) is 11.6 Å². The third-order valence-electron chi connectivity index (χ3n) is 3.35. The minimum atomic E-state index is -4.33. The molecule has 0 bridgehead atoms. The first-order chi connectivity index (χ1) is 8.79. The summed E-state index contributed by atoms with van der Waals surface area (Å²) in [6, 6.07) is -0.394. The van der Waals surface area contributed by atoms with Crippen LogP contribution in [-0.4, -0.2) is 59.3 Å². The van der Waals surface area contributed by atoms with Gasteiger partial charge in [-0.25, -0.2) is 4.79 Å². The zero-order chi connectivity index (χ0) is 14.2. The molecule has 0 unspecified atom stereocenters. The van der Waals surface area contributed by atoms with Gasteiger partial charge in [0.25, 0.3) is 0 Å². The number of alkyl halides is 3. The van der Waals surface area contributed by atoms with E-state index in [1.807, 2.05) is 0 Å². The summed E-state index contributed by atoms with van der Waals surface area (Å²) in [6.45, 7) is 0.182. The fraction of sp³-hybridized carbons (Fsp3) is 0.636. The van der Waals surface area contributed by atoms with Gasteiger partial charge in [-0.3, -0.25) is 4.79 Å². The van der Waals surface area contributed by atoms with Crippen LogP contribution in [0.4, 0.5) is 18.0 Å². The van der Waals surface area contributed by atoms with E-state index in [1.54, 1.807) is 0 Å². The van der Waals surface area contributed by atoms with Gasteiger partial charge >= 0.3 is 18.2 Å². The molecule has 8 heteroatoms. The number of hydrogen-bond donors (Lipinski definition) is 1. The summed E-state index contributed by atoms with van der Waals surface area (Å²) in [5.41, 5.74) is -0.608. The van der Waals surface area contributed by atoms with Gasteiger partial charge in [-0.2, -0.15) is 13.2 Å². The molecule has 0 aromatic carbocycles. The Morgan fingerprint density at radius 3 is 2.32 bits per heavy atom. The van der Waals surface area contributed by atoms with Gasteiger partial charge in [-0.1, -0.05) is 6.08 Å². The number of likely N-dealkylation sites (tertiary alicyclic amines) is 1. The van der Waals surface area contributed by atoms with Crippen molar-refractivity contribution in [2.45, 2.75) is 12.6 Å². The fourth-order valence-electron chi connectivity index (χ4n) is 2.09. The monoisotopic (exact) mass is 278 g/mol. The Kier molecular flexibility index (Phi) is 3.42. The predicted molar refractivity (Wildman–Crippen MR) is 58.4 cm³/mol. The van der Waals surface area contributed by atoms with Crippen molar-refractivity contribution in [1.29, 1.82) is 0 Å². The summed E-state index contributed by atoms with van der Waals surface area (Å²) >= 11 is 0. The number of aliphatic carboxylic acids is 1. The third-order valence-corrected chi connectivity index (χ3v) is 3.35. The number of rotatable bonds is 1. The molecule has 0 aliphatic carbocycles. The van der Waals surface area contributed by atoms with Crippen LogP contribution in [0, 0.1) is 5.92 Å². The molecule has 0 spiro atoms. The Hall–Kier alpha value is -1.73. The lowest BCUT2D eigenvalue weighted by molar-refractivity contribution is -0.146. The Labute approximate surface area is 107 Å². The van der Waals surface area contributed by atoms with Gasteiger partial charge in [0.1, 0.15) is 0 Å². The van der Waals surface area contributed by atoms with Gasteiger partial charge < -0.3 is 14.9 Å². The molecule has 2 heterocycles. The topological polar surface area (TPSA) is 60.9 Å². The normalized spacial score (nSPS) is 20.9. The molecule has 106 valence electrons. The largest absolute Gasteiger partial charge is 0.481 e. The van der Waals surface area contributed by atoms with Crippen LogP contribution in [0.1, 0.15) is 6.42 Å². The number of carbonyl (C=O) groups is 2. The fourth-order valence-corrected chi connectivity index (χ4v) is 2.09. The molecular formula is C11H13F3N2O3. The maximum absolute atomic E-state index is 12.4. The molecule has 1 N–H and O–H groups in total. The minimum absolute atomic E-state index is 0.0123. The first-order valence-electron chi connectivity index (χ1n) is 5.82. The average molecular weight is 278 g/mol. The van der Waals surface area contributed by atoms with Crippen LogP contribution in [0.25, 0.3) is 0 Å². The van der Waals surface area contributed by atoms with Gasteiger partial charge in [0.15, 0.2) is 0 Å². The number of halogens is 3. The number of hydrogen-bond acceptors (Lipinski definition) is 2. The molecule has 2 aliphatic rings. The Bertz CT molecular complexity index is 427. The third kappa shape index (κ3) is 2.82. The first-order valence-corrected chi connectivity index (χ1v) is 5.82. The number of urea groups is 1. The Morgan fingerprint density at radius 1 is 1.26 bits per heavy atom. The molecule has 0 atom stereocenters. The van der Waals surface area contributed by atoms with Crippen LogP contribution in [0.5, 0.6) is 0 Å². The average Bonchev–Trinajstić information content (AvgIpc) is 2.25. The van der Waals surface area contributed by atoms with E-state index in [2.05, 4.69) is 0 Å². The van der Waals surface area contributed by atoms with Crippen molar-refractivity contribution in [2.75, 3.05) is 26.2 Å². The van der Waals surface area contributed by atoms with Crippen LogP contribution in [0.2, 0.25) is 0 Å². The summed E-state index contributed by atoms with van der Waals surface area (Å²) < 4.78 is 37.2. The number of carboxylic acid groups (broad SMARTS) is 1. The zero-order valence-electron chi connectivity index (χ0n) is 9.98. The maximum atomic E-state index is 12.4. The van der Waals surface area contributed by atoms with Gasteiger partial charge in [-0.05, 0) is 6.42 Å². The van der Waals surface area contributed by atoms with Crippen molar-refractivity contribution in [3.8, 4) is 0 Å². The molecule has 0 radical (unpaired) electrons. The van der Waals surface area contributed by atoms with Crippen LogP contribution < -0.4 is 0 Å². The number of nitrogens with zero attached hydrogens (tertiary/aromatic N) is 2. The highest BCUT2D eigenvalue weighted by molar-refractivity contribution is 5.80. The van der Waals surface area contributed by atoms with Crippen LogP contribution >= 0.6 is 0 Å². The van der Waals surface area contributed by atoms with E-state index >= 15 is 0 Å². The molecule has 0 aromatic rings. The molecule has 0 aromatic heterocycles. The smallest absolute Gasteiger partial charge is 0.412 e. The van der Waals surface area contributed by atoms with E-state index in [9.17, 15) is 22.8 Å². The van der Waals surface area contributed by atoms with Gasteiger partial charge in [0, 0.05) is 31.8 Å². The molecule has 2 amide bonds. The van der Waals surface area contributed by atoms with Crippen molar-refractivity contribution in [1.82, 2.24) is 9.80 Å². The van der Waals surface area contributed by atoms with Gasteiger partial charge in [0.2, 0.25) is 0 Å². The highest BCUT2D eigenvalue weighted by atomic mass is 19.4. The van der Waals surface area contributed by atoms with Gasteiger partial charge in [0.05, 0.1) is 5.92 Å². The van der Waals surface area contributed by atoms with Gasteiger partial charge in [-0.15, -0.1) is 0 Å². The summed E-state index contributed by atoms with van der Waals surface area (Å²) in [4.78, 5) is 25.1. The van der Waals surface area contributed by atoms with E-state index < -0.39 is 29.7 Å². The van der Waals surface area contributed by atoms with E-state index in [1.165, 1.54) is 9.80 Å². The number of amides is 2. The number of carbonyl (C=O) groups excluding carboxylic acids is 1.